The van der Waals surface area contributed by atoms with Crippen LogP contribution in [0, 0.1) is 0 Å². The molecule has 2 aromatic heterocycles. The molecule has 0 aliphatic rings. The lowest BCUT2D eigenvalue weighted by molar-refractivity contribution is 0.325. The zero-order valence-electron chi connectivity index (χ0n) is 20.4. The van der Waals surface area contributed by atoms with Crippen molar-refractivity contribution in [3.8, 4) is 17.0 Å². The van der Waals surface area contributed by atoms with E-state index in [1.807, 2.05) is 30.4 Å². The molecule has 0 fully saturated rings. The van der Waals surface area contributed by atoms with Crippen LogP contribution in [0.25, 0.3) is 22.5 Å². The average Bonchev–Trinajstić information content (AvgIpc) is 3.26. The number of phenolic OH excluding ortho intramolecular Hbond substituents is 1. The summed E-state index contributed by atoms with van der Waals surface area (Å²) in [5.74, 6) is 1.02. The molecule has 0 aliphatic carbocycles. The minimum Gasteiger partial charge on any atom is -0.507 e. The minimum atomic E-state index is 0.196. The van der Waals surface area contributed by atoms with E-state index in [4.69, 9.17) is 4.98 Å². The van der Waals surface area contributed by atoms with Crippen LogP contribution in [0.1, 0.15) is 17.5 Å². The van der Waals surface area contributed by atoms with Crippen LogP contribution in [-0.4, -0.2) is 44.7 Å². The van der Waals surface area contributed by atoms with Gasteiger partial charge in [-0.1, -0.05) is 61.7 Å². The number of phenols is 1. The van der Waals surface area contributed by atoms with E-state index in [2.05, 4.69) is 75.7 Å². The summed E-state index contributed by atoms with van der Waals surface area (Å²) in [7, 11) is 2.13. The van der Waals surface area contributed by atoms with Crippen molar-refractivity contribution in [2.75, 3.05) is 25.5 Å². The molecule has 184 valence electrons. The van der Waals surface area contributed by atoms with Crippen molar-refractivity contribution in [1.82, 2.24) is 19.5 Å². The van der Waals surface area contributed by atoms with Crippen LogP contribution in [0.2, 0.25) is 0 Å². The number of rotatable bonds is 11. The first kappa shape index (κ1) is 25.4. The normalized spacial score (nSPS) is 11.7. The third kappa shape index (κ3) is 5.93. The van der Waals surface area contributed by atoms with Gasteiger partial charge in [-0.15, -0.1) is 0 Å². The number of benzene rings is 2. The van der Waals surface area contributed by atoms with Crippen molar-refractivity contribution in [1.29, 1.82) is 0 Å². The van der Waals surface area contributed by atoms with E-state index in [-0.39, 0.29) is 5.75 Å². The first-order valence-electron chi connectivity index (χ1n) is 11.8. The number of hydrogen-bond donors (Lipinski definition) is 2. The van der Waals surface area contributed by atoms with Crippen molar-refractivity contribution in [3.63, 3.8) is 0 Å². The van der Waals surface area contributed by atoms with Crippen molar-refractivity contribution in [2.45, 2.75) is 13.0 Å². The van der Waals surface area contributed by atoms with Gasteiger partial charge in [0, 0.05) is 24.7 Å². The van der Waals surface area contributed by atoms with Gasteiger partial charge in [-0.2, -0.15) is 9.61 Å². The minimum absolute atomic E-state index is 0.196. The van der Waals surface area contributed by atoms with Crippen LogP contribution in [0.3, 0.4) is 0 Å². The largest absolute Gasteiger partial charge is 0.507 e. The molecule has 2 N–H and O–H groups in total. The number of allylic oxidation sites excluding steroid dienone is 4. The van der Waals surface area contributed by atoms with Crippen LogP contribution in [-0.2, 0) is 6.54 Å². The summed E-state index contributed by atoms with van der Waals surface area (Å²) in [6.45, 7) is 10.3. The van der Waals surface area contributed by atoms with Gasteiger partial charge in [-0.05, 0) is 70.8 Å². The topological polar surface area (TPSA) is 65.7 Å². The summed E-state index contributed by atoms with van der Waals surface area (Å²) < 4.78 is 2.57. The maximum atomic E-state index is 10.3. The van der Waals surface area contributed by atoms with Gasteiger partial charge in [0.15, 0.2) is 5.65 Å². The van der Waals surface area contributed by atoms with E-state index in [0.717, 1.165) is 47.5 Å². The van der Waals surface area contributed by atoms with E-state index in [1.54, 1.807) is 28.9 Å². The third-order valence-corrected chi connectivity index (χ3v) is 6.42. The Kier molecular flexibility index (Phi) is 8.36. The molecule has 0 aliphatic heterocycles. The molecule has 36 heavy (non-hydrogen) atoms. The lowest BCUT2D eigenvalue weighted by Gasteiger charge is -2.18. The summed E-state index contributed by atoms with van der Waals surface area (Å²) in [6, 6.07) is 17.7. The van der Waals surface area contributed by atoms with Gasteiger partial charge in [-0.3, -0.25) is 0 Å². The predicted molar refractivity (Wildman–Crippen MR) is 152 cm³/mol. The molecule has 6 nitrogen and oxygen atoms in total. The second kappa shape index (κ2) is 11.8. The maximum absolute atomic E-state index is 10.3. The SMILES string of the molecule is C=C/C=C(\C=C)c1cccc(CN(C)CCCNc2cc(-c3ccccc3O)nc3c(Br)cnn23)c1. The molecule has 7 heteroatoms. The standard InChI is InChI=1S/C29H30BrN5O/c1-4-10-22(5-2)23-12-8-11-21(17-23)20-34(3)16-9-15-31-28-18-26(24-13-6-7-14-27(24)36)33-29-25(30)19-32-35(28)29/h4-8,10-14,17-19,31,36H,1-2,9,15-16,20H2,3H3/b22-10+. The molecule has 0 spiro atoms. The van der Waals surface area contributed by atoms with E-state index in [9.17, 15) is 5.11 Å². The second-order valence-corrected chi connectivity index (χ2v) is 9.41. The number of nitrogens with one attached hydrogen (secondary N) is 1. The molecule has 0 saturated heterocycles. The number of aromatic hydroxyl groups is 1. The van der Waals surface area contributed by atoms with Gasteiger partial charge in [0.2, 0.25) is 0 Å². The fourth-order valence-electron chi connectivity index (χ4n) is 4.10. The van der Waals surface area contributed by atoms with Gasteiger partial charge >= 0.3 is 0 Å². The van der Waals surface area contributed by atoms with E-state index in [1.165, 1.54) is 5.56 Å². The summed E-state index contributed by atoms with van der Waals surface area (Å²) >= 11 is 3.53. The summed E-state index contributed by atoms with van der Waals surface area (Å²) in [5, 5.41) is 18.3. The Morgan fingerprint density at radius 2 is 2.00 bits per heavy atom. The van der Waals surface area contributed by atoms with Crippen molar-refractivity contribution < 1.29 is 5.11 Å². The van der Waals surface area contributed by atoms with Gasteiger partial charge in [0.05, 0.1) is 16.4 Å². The van der Waals surface area contributed by atoms with Crippen molar-refractivity contribution in [3.05, 3.63) is 108 Å². The van der Waals surface area contributed by atoms with Crippen LogP contribution in [0.5, 0.6) is 5.75 Å². The Morgan fingerprint density at radius 3 is 2.78 bits per heavy atom. The van der Waals surface area contributed by atoms with Crippen molar-refractivity contribution >= 4 is 33.0 Å². The Balaban J connectivity index is 1.40. The van der Waals surface area contributed by atoms with Gasteiger partial charge < -0.3 is 15.3 Å². The average molecular weight is 544 g/mol. The number of halogens is 1. The first-order valence-corrected chi connectivity index (χ1v) is 12.6. The maximum Gasteiger partial charge on any atom is 0.172 e. The van der Waals surface area contributed by atoms with Gasteiger partial charge in [0.1, 0.15) is 11.6 Å². The van der Waals surface area contributed by atoms with E-state index < -0.39 is 0 Å². The number of anilines is 1. The lowest BCUT2D eigenvalue weighted by atomic mass is 10.0. The molecule has 0 atom stereocenters. The number of para-hydroxylation sites is 1. The zero-order valence-corrected chi connectivity index (χ0v) is 21.9. The van der Waals surface area contributed by atoms with Crippen molar-refractivity contribution in [2.24, 2.45) is 0 Å². The summed E-state index contributed by atoms with van der Waals surface area (Å²) in [6.07, 6.45) is 8.29. The summed E-state index contributed by atoms with van der Waals surface area (Å²) in [4.78, 5) is 7.01. The molecule has 4 aromatic rings. The molecule has 2 heterocycles. The molecule has 0 bridgehead atoms. The first-order chi connectivity index (χ1) is 17.5. The highest BCUT2D eigenvalue weighted by Gasteiger charge is 2.13. The number of hydrogen-bond acceptors (Lipinski definition) is 5. The van der Waals surface area contributed by atoms with Crippen LogP contribution < -0.4 is 5.32 Å². The second-order valence-electron chi connectivity index (χ2n) is 8.55. The fraction of sp³-hybridized carbons (Fsp3) is 0.172. The quantitative estimate of drug-likeness (QED) is 0.166. The van der Waals surface area contributed by atoms with Gasteiger partial charge in [-0.25, -0.2) is 4.98 Å². The molecule has 0 unspecified atom stereocenters. The number of fused-ring (bicyclic) bond motifs is 1. The Morgan fingerprint density at radius 1 is 1.17 bits per heavy atom. The molecule has 0 amide bonds. The molecule has 0 saturated carbocycles. The van der Waals surface area contributed by atoms with Gasteiger partial charge in [0.25, 0.3) is 0 Å². The highest BCUT2D eigenvalue weighted by Crippen LogP contribution is 2.31. The highest BCUT2D eigenvalue weighted by atomic mass is 79.9. The monoisotopic (exact) mass is 543 g/mol. The smallest absolute Gasteiger partial charge is 0.172 e. The fourth-order valence-corrected chi connectivity index (χ4v) is 4.45. The molecule has 2 aromatic carbocycles. The Labute approximate surface area is 220 Å². The third-order valence-electron chi connectivity index (χ3n) is 5.86. The van der Waals surface area contributed by atoms with Crippen LogP contribution in [0.4, 0.5) is 5.82 Å². The number of nitrogens with zero attached hydrogens (tertiary/aromatic N) is 4. The number of aromatic nitrogens is 3. The lowest BCUT2D eigenvalue weighted by Crippen LogP contribution is -2.21. The highest BCUT2D eigenvalue weighted by molar-refractivity contribution is 9.10. The van der Waals surface area contributed by atoms with Crippen LogP contribution in [0.15, 0.2) is 96.7 Å². The molecule has 0 radical (unpaired) electrons. The zero-order chi connectivity index (χ0) is 25.5. The van der Waals surface area contributed by atoms with Crippen LogP contribution >= 0.6 is 15.9 Å². The van der Waals surface area contributed by atoms with E-state index in [0.29, 0.717) is 16.9 Å². The Hall–Kier alpha value is -3.68. The molecule has 4 rings (SSSR count). The Bertz CT molecular complexity index is 1410. The predicted octanol–water partition coefficient (Wildman–Crippen LogP) is 6.55. The molecular formula is C29H30BrN5O. The molecular weight excluding hydrogens is 514 g/mol. The summed E-state index contributed by atoms with van der Waals surface area (Å²) in [5.41, 5.74) is 5.52. The van der Waals surface area contributed by atoms with E-state index >= 15 is 0 Å².